The summed E-state index contributed by atoms with van der Waals surface area (Å²) in [6, 6.07) is 5.48. The summed E-state index contributed by atoms with van der Waals surface area (Å²) >= 11 is 11.9. The molecule has 76 valence electrons. The van der Waals surface area contributed by atoms with Crippen LogP contribution >= 0.6 is 23.2 Å². The van der Waals surface area contributed by atoms with Gasteiger partial charge in [-0.25, -0.2) is 0 Å². The summed E-state index contributed by atoms with van der Waals surface area (Å²) in [5.41, 5.74) is 0.917. The molecule has 0 radical (unpaired) electrons. The Labute approximate surface area is 93.7 Å². The van der Waals surface area contributed by atoms with Gasteiger partial charge in [-0.05, 0) is 30.0 Å². The van der Waals surface area contributed by atoms with Crippen molar-refractivity contribution in [2.45, 2.75) is 18.8 Å². The standard InChI is InChI=1S/C11H12Cl2O/c1-7-5-11(7,6-14)9-3-2-8(12)4-10(9)13/h2-4,7,14H,5-6H2,1H3. The highest BCUT2D eigenvalue weighted by atomic mass is 35.5. The minimum Gasteiger partial charge on any atom is -0.395 e. The van der Waals surface area contributed by atoms with E-state index in [9.17, 15) is 5.11 Å². The molecular weight excluding hydrogens is 219 g/mol. The first-order valence-electron chi connectivity index (χ1n) is 4.66. The Morgan fingerprint density at radius 3 is 2.57 bits per heavy atom. The molecule has 1 fully saturated rings. The first-order valence-corrected chi connectivity index (χ1v) is 5.42. The first kappa shape index (κ1) is 10.3. The van der Waals surface area contributed by atoms with Crippen molar-refractivity contribution in [2.75, 3.05) is 6.61 Å². The number of aliphatic hydroxyl groups excluding tert-OH is 1. The predicted molar refractivity (Wildman–Crippen MR) is 59.0 cm³/mol. The molecule has 0 amide bonds. The number of halogens is 2. The molecule has 1 aromatic carbocycles. The van der Waals surface area contributed by atoms with Gasteiger partial charge in [-0.3, -0.25) is 0 Å². The van der Waals surface area contributed by atoms with E-state index < -0.39 is 0 Å². The molecule has 0 spiro atoms. The summed E-state index contributed by atoms with van der Waals surface area (Å²) in [5.74, 6) is 0.506. The summed E-state index contributed by atoms with van der Waals surface area (Å²) < 4.78 is 0. The van der Waals surface area contributed by atoms with Gasteiger partial charge >= 0.3 is 0 Å². The third kappa shape index (κ3) is 1.44. The van der Waals surface area contributed by atoms with Crippen molar-refractivity contribution in [3.05, 3.63) is 33.8 Å². The summed E-state index contributed by atoms with van der Waals surface area (Å²) in [5, 5.41) is 10.7. The normalized spacial score (nSPS) is 30.4. The average molecular weight is 231 g/mol. The molecule has 0 bridgehead atoms. The molecule has 1 aliphatic rings. The van der Waals surface area contributed by atoms with E-state index in [0.717, 1.165) is 12.0 Å². The van der Waals surface area contributed by atoms with Crippen molar-refractivity contribution in [1.82, 2.24) is 0 Å². The Bertz CT molecular complexity index is 360. The molecule has 1 N–H and O–H groups in total. The van der Waals surface area contributed by atoms with Gasteiger partial charge in [0.15, 0.2) is 0 Å². The molecule has 0 aromatic heterocycles. The number of hydrogen-bond donors (Lipinski definition) is 1. The molecule has 1 saturated carbocycles. The first-order chi connectivity index (χ1) is 6.60. The van der Waals surface area contributed by atoms with Gasteiger partial charge in [-0.15, -0.1) is 0 Å². The highest BCUT2D eigenvalue weighted by molar-refractivity contribution is 6.35. The number of benzene rings is 1. The van der Waals surface area contributed by atoms with Crippen LogP contribution < -0.4 is 0 Å². The van der Waals surface area contributed by atoms with Crippen LogP contribution in [0.5, 0.6) is 0 Å². The minimum absolute atomic E-state index is 0.109. The zero-order chi connectivity index (χ0) is 10.3. The quantitative estimate of drug-likeness (QED) is 0.828. The molecule has 1 aromatic rings. The Morgan fingerprint density at radius 2 is 2.14 bits per heavy atom. The van der Waals surface area contributed by atoms with E-state index in [0.29, 0.717) is 16.0 Å². The van der Waals surface area contributed by atoms with Crippen molar-refractivity contribution in [1.29, 1.82) is 0 Å². The van der Waals surface area contributed by atoms with Crippen LogP contribution in [0.2, 0.25) is 10.0 Å². The fourth-order valence-electron chi connectivity index (χ4n) is 2.06. The van der Waals surface area contributed by atoms with Crippen molar-refractivity contribution >= 4 is 23.2 Å². The second-order valence-electron chi connectivity index (χ2n) is 4.04. The fraction of sp³-hybridized carbons (Fsp3) is 0.455. The molecule has 0 heterocycles. The summed E-state index contributed by atoms with van der Waals surface area (Å²) in [4.78, 5) is 0. The molecule has 14 heavy (non-hydrogen) atoms. The average Bonchev–Trinajstić information content (AvgIpc) is 2.78. The lowest BCUT2D eigenvalue weighted by Gasteiger charge is -2.15. The van der Waals surface area contributed by atoms with Crippen molar-refractivity contribution < 1.29 is 5.11 Å². The molecule has 0 saturated heterocycles. The minimum atomic E-state index is -0.109. The van der Waals surface area contributed by atoms with Crippen LogP contribution in [-0.4, -0.2) is 11.7 Å². The van der Waals surface area contributed by atoms with E-state index in [4.69, 9.17) is 23.2 Å². The topological polar surface area (TPSA) is 20.2 Å². The summed E-state index contributed by atoms with van der Waals surface area (Å²) in [7, 11) is 0. The molecule has 3 heteroatoms. The molecule has 1 aliphatic carbocycles. The number of hydrogen-bond acceptors (Lipinski definition) is 1. The highest BCUT2D eigenvalue weighted by Gasteiger charge is 2.52. The van der Waals surface area contributed by atoms with Crippen LogP contribution in [0.4, 0.5) is 0 Å². The van der Waals surface area contributed by atoms with Crippen molar-refractivity contribution in [2.24, 2.45) is 5.92 Å². The molecular formula is C11H12Cl2O. The number of aliphatic hydroxyl groups is 1. The van der Waals surface area contributed by atoms with Gasteiger partial charge in [0, 0.05) is 15.5 Å². The van der Waals surface area contributed by atoms with Gasteiger partial charge in [0.2, 0.25) is 0 Å². The van der Waals surface area contributed by atoms with Crippen LogP contribution in [0.3, 0.4) is 0 Å². The summed E-state index contributed by atoms with van der Waals surface area (Å²) in [6.07, 6.45) is 1.00. The highest BCUT2D eigenvalue weighted by Crippen LogP contribution is 2.55. The molecule has 2 unspecified atom stereocenters. The van der Waals surface area contributed by atoms with Crippen LogP contribution in [0, 0.1) is 5.92 Å². The van der Waals surface area contributed by atoms with Crippen LogP contribution in [-0.2, 0) is 5.41 Å². The third-order valence-electron chi connectivity index (χ3n) is 3.20. The van der Waals surface area contributed by atoms with Gasteiger partial charge in [-0.1, -0.05) is 36.2 Å². The van der Waals surface area contributed by atoms with E-state index in [1.807, 2.05) is 12.1 Å². The maximum absolute atomic E-state index is 9.38. The van der Waals surface area contributed by atoms with Crippen LogP contribution in [0.1, 0.15) is 18.9 Å². The van der Waals surface area contributed by atoms with E-state index in [1.165, 1.54) is 0 Å². The van der Waals surface area contributed by atoms with Gasteiger partial charge in [0.05, 0.1) is 6.61 Å². The fourth-order valence-corrected chi connectivity index (χ4v) is 2.66. The zero-order valence-electron chi connectivity index (χ0n) is 7.93. The zero-order valence-corrected chi connectivity index (χ0v) is 9.44. The Morgan fingerprint density at radius 1 is 1.50 bits per heavy atom. The Kier molecular flexibility index (Phi) is 2.50. The van der Waals surface area contributed by atoms with Crippen LogP contribution in [0.15, 0.2) is 18.2 Å². The lowest BCUT2D eigenvalue weighted by atomic mass is 9.94. The van der Waals surface area contributed by atoms with E-state index in [2.05, 4.69) is 6.92 Å². The second kappa shape index (κ2) is 3.41. The van der Waals surface area contributed by atoms with Gasteiger partial charge < -0.3 is 5.11 Å². The van der Waals surface area contributed by atoms with Gasteiger partial charge in [0.1, 0.15) is 0 Å². The van der Waals surface area contributed by atoms with Gasteiger partial charge in [-0.2, -0.15) is 0 Å². The monoisotopic (exact) mass is 230 g/mol. The SMILES string of the molecule is CC1CC1(CO)c1ccc(Cl)cc1Cl. The Hall–Kier alpha value is -0.240. The van der Waals surface area contributed by atoms with E-state index >= 15 is 0 Å². The lowest BCUT2D eigenvalue weighted by molar-refractivity contribution is 0.247. The van der Waals surface area contributed by atoms with Crippen molar-refractivity contribution in [3.8, 4) is 0 Å². The van der Waals surface area contributed by atoms with E-state index in [-0.39, 0.29) is 12.0 Å². The summed E-state index contributed by atoms with van der Waals surface area (Å²) in [6.45, 7) is 2.29. The van der Waals surface area contributed by atoms with Crippen LogP contribution in [0.25, 0.3) is 0 Å². The van der Waals surface area contributed by atoms with Crippen molar-refractivity contribution in [3.63, 3.8) is 0 Å². The largest absolute Gasteiger partial charge is 0.395 e. The molecule has 2 atom stereocenters. The van der Waals surface area contributed by atoms with E-state index in [1.54, 1.807) is 6.07 Å². The maximum Gasteiger partial charge on any atom is 0.0531 e. The molecule has 2 rings (SSSR count). The number of rotatable bonds is 2. The van der Waals surface area contributed by atoms with Gasteiger partial charge in [0.25, 0.3) is 0 Å². The maximum atomic E-state index is 9.38. The second-order valence-corrected chi connectivity index (χ2v) is 4.89. The Balaban J connectivity index is 2.42. The third-order valence-corrected chi connectivity index (χ3v) is 3.75. The predicted octanol–water partition coefficient (Wildman–Crippen LogP) is 3.26. The molecule has 1 nitrogen and oxygen atoms in total. The molecule has 0 aliphatic heterocycles. The lowest BCUT2D eigenvalue weighted by Crippen LogP contribution is -2.15. The smallest absolute Gasteiger partial charge is 0.0531 e.